The Hall–Kier alpha value is -3.55. The summed E-state index contributed by atoms with van der Waals surface area (Å²) in [7, 11) is 0. The number of non-ortho nitro benzene ring substituents is 1. The maximum absolute atomic E-state index is 14.1. The molecule has 7 nitrogen and oxygen atoms in total. The normalized spacial score (nSPS) is 13.4. The zero-order valence-electron chi connectivity index (χ0n) is 15.6. The van der Waals surface area contributed by atoms with Crippen molar-refractivity contribution in [2.24, 2.45) is 0 Å². The second-order valence-corrected chi connectivity index (χ2v) is 6.96. The third kappa shape index (κ3) is 3.73. The van der Waals surface area contributed by atoms with Crippen molar-refractivity contribution in [1.82, 2.24) is 9.78 Å². The molecule has 8 heteroatoms. The Kier molecular flexibility index (Phi) is 5.07. The molecule has 1 aliphatic carbocycles. The number of nitrogens with zero attached hydrogens (tertiary/aromatic N) is 3. The Labute approximate surface area is 166 Å². The Morgan fingerprint density at radius 3 is 2.62 bits per heavy atom. The van der Waals surface area contributed by atoms with Crippen LogP contribution in [-0.2, 0) is 12.8 Å². The summed E-state index contributed by atoms with van der Waals surface area (Å²) in [5.74, 6) is -1.31. The quantitative estimate of drug-likeness (QED) is 0.402. The number of benzene rings is 2. The maximum atomic E-state index is 14.1. The molecule has 29 heavy (non-hydrogen) atoms. The second kappa shape index (κ2) is 7.83. The molecule has 0 saturated carbocycles. The highest BCUT2D eigenvalue weighted by Gasteiger charge is 2.25. The standard InChI is InChI=1S/C21H19FN4O3/c22-17-12-11-15(26(28)29)13-18(17)23-21(27)20-16-9-5-2-6-10-19(16)25(24-20)14-7-3-1-4-8-14/h1,3-4,7-8,11-13H,2,5-6,9-10H2,(H,23,27). The third-order valence-corrected chi connectivity index (χ3v) is 5.06. The van der Waals surface area contributed by atoms with E-state index in [2.05, 4.69) is 10.4 Å². The van der Waals surface area contributed by atoms with Crippen molar-refractivity contribution < 1.29 is 14.1 Å². The molecule has 3 aromatic rings. The molecule has 0 unspecified atom stereocenters. The van der Waals surface area contributed by atoms with Gasteiger partial charge in [0, 0.05) is 23.4 Å². The first-order chi connectivity index (χ1) is 14.0. The fourth-order valence-corrected chi connectivity index (χ4v) is 3.65. The Morgan fingerprint density at radius 1 is 1.10 bits per heavy atom. The minimum absolute atomic E-state index is 0.233. The number of halogens is 1. The Bertz CT molecular complexity index is 1080. The monoisotopic (exact) mass is 394 g/mol. The smallest absolute Gasteiger partial charge is 0.276 e. The summed E-state index contributed by atoms with van der Waals surface area (Å²) >= 11 is 0. The number of nitro groups is 1. The molecule has 1 N–H and O–H groups in total. The van der Waals surface area contributed by atoms with E-state index in [4.69, 9.17) is 0 Å². The first kappa shape index (κ1) is 18.8. The van der Waals surface area contributed by atoms with E-state index < -0.39 is 16.6 Å². The number of para-hydroxylation sites is 1. The minimum Gasteiger partial charge on any atom is -0.318 e. The van der Waals surface area contributed by atoms with Crippen LogP contribution in [-0.4, -0.2) is 20.6 Å². The van der Waals surface area contributed by atoms with Crippen molar-refractivity contribution in [1.29, 1.82) is 0 Å². The molecule has 1 aliphatic rings. The molecule has 0 radical (unpaired) electrons. The van der Waals surface area contributed by atoms with E-state index in [0.717, 1.165) is 60.8 Å². The van der Waals surface area contributed by atoms with Crippen molar-refractivity contribution in [3.8, 4) is 5.69 Å². The number of hydrogen-bond donors (Lipinski definition) is 1. The average Bonchev–Trinajstić information content (AvgIpc) is 2.91. The van der Waals surface area contributed by atoms with Crippen LogP contribution in [0.25, 0.3) is 5.69 Å². The van der Waals surface area contributed by atoms with Crippen LogP contribution in [0.4, 0.5) is 15.8 Å². The van der Waals surface area contributed by atoms with E-state index in [0.29, 0.717) is 6.42 Å². The van der Waals surface area contributed by atoms with Gasteiger partial charge in [0.2, 0.25) is 0 Å². The summed E-state index contributed by atoms with van der Waals surface area (Å²) in [5.41, 5.74) is 2.40. The summed E-state index contributed by atoms with van der Waals surface area (Å²) in [4.78, 5) is 23.3. The van der Waals surface area contributed by atoms with Gasteiger partial charge in [-0.25, -0.2) is 9.07 Å². The van der Waals surface area contributed by atoms with Crippen LogP contribution in [0.2, 0.25) is 0 Å². The van der Waals surface area contributed by atoms with E-state index in [9.17, 15) is 19.3 Å². The maximum Gasteiger partial charge on any atom is 0.276 e. The summed E-state index contributed by atoms with van der Waals surface area (Å²) in [6.45, 7) is 0. The van der Waals surface area contributed by atoms with Gasteiger partial charge in [0.25, 0.3) is 11.6 Å². The van der Waals surface area contributed by atoms with Gasteiger partial charge in [0.15, 0.2) is 5.69 Å². The lowest BCUT2D eigenvalue weighted by atomic mass is 10.1. The lowest BCUT2D eigenvalue weighted by molar-refractivity contribution is -0.384. The number of aromatic nitrogens is 2. The van der Waals surface area contributed by atoms with Crippen LogP contribution in [0.15, 0.2) is 48.5 Å². The van der Waals surface area contributed by atoms with E-state index in [1.54, 1.807) is 4.68 Å². The molecule has 4 rings (SSSR count). The second-order valence-electron chi connectivity index (χ2n) is 6.96. The van der Waals surface area contributed by atoms with Crippen LogP contribution in [0.5, 0.6) is 0 Å². The van der Waals surface area contributed by atoms with Crippen molar-refractivity contribution in [2.45, 2.75) is 32.1 Å². The van der Waals surface area contributed by atoms with Gasteiger partial charge in [0.1, 0.15) is 5.82 Å². The number of amides is 1. The number of hydrogen-bond acceptors (Lipinski definition) is 4. The van der Waals surface area contributed by atoms with Crippen molar-refractivity contribution in [2.75, 3.05) is 5.32 Å². The number of carbonyl (C=O) groups is 1. The molecule has 1 aromatic heterocycles. The number of nitrogens with one attached hydrogen (secondary N) is 1. The summed E-state index contributed by atoms with van der Waals surface area (Å²) in [6.07, 6.45) is 4.52. The van der Waals surface area contributed by atoms with Crippen LogP contribution in [0.3, 0.4) is 0 Å². The van der Waals surface area contributed by atoms with Crippen molar-refractivity contribution >= 4 is 17.3 Å². The predicted molar refractivity (Wildman–Crippen MR) is 106 cm³/mol. The van der Waals surface area contributed by atoms with Gasteiger partial charge in [-0.2, -0.15) is 5.10 Å². The van der Waals surface area contributed by atoms with Crippen LogP contribution in [0, 0.1) is 15.9 Å². The molecule has 0 saturated heterocycles. The van der Waals surface area contributed by atoms with Gasteiger partial charge in [-0.1, -0.05) is 24.6 Å². The molecular weight excluding hydrogens is 375 g/mol. The predicted octanol–water partition coefficient (Wildman–Crippen LogP) is 4.44. The lowest BCUT2D eigenvalue weighted by Gasteiger charge is -2.06. The molecule has 0 atom stereocenters. The zero-order valence-corrected chi connectivity index (χ0v) is 15.6. The first-order valence-corrected chi connectivity index (χ1v) is 9.46. The number of carbonyl (C=O) groups excluding carboxylic acids is 1. The third-order valence-electron chi connectivity index (χ3n) is 5.06. The fraction of sp³-hybridized carbons (Fsp3) is 0.238. The molecule has 2 aromatic carbocycles. The lowest BCUT2D eigenvalue weighted by Crippen LogP contribution is -2.16. The van der Waals surface area contributed by atoms with E-state index >= 15 is 0 Å². The largest absolute Gasteiger partial charge is 0.318 e. The van der Waals surface area contributed by atoms with E-state index in [1.165, 1.54) is 0 Å². The topological polar surface area (TPSA) is 90.1 Å². The number of rotatable bonds is 4. The van der Waals surface area contributed by atoms with Crippen molar-refractivity contribution in [3.05, 3.63) is 81.4 Å². The van der Waals surface area contributed by atoms with Crippen molar-refractivity contribution in [3.63, 3.8) is 0 Å². The van der Waals surface area contributed by atoms with Gasteiger partial charge in [-0.15, -0.1) is 0 Å². The van der Waals surface area contributed by atoms with Gasteiger partial charge in [0.05, 0.1) is 16.3 Å². The van der Waals surface area contributed by atoms with Gasteiger partial charge < -0.3 is 5.32 Å². The van der Waals surface area contributed by atoms with Gasteiger partial charge in [-0.05, 0) is 43.9 Å². The Morgan fingerprint density at radius 2 is 1.86 bits per heavy atom. The van der Waals surface area contributed by atoms with Crippen LogP contribution >= 0.6 is 0 Å². The molecule has 0 fully saturated rings. The summed E-state index contributed by atoms with van der Waals surface area (Å²) in [6, 6.07) is 12.6. The fourth-order valence-electron chi connectivity index (χ4n) is 3.65. The van der Waals surface area contributed by atoms with E-state index in [-0.39, 0.29) is 17.1 Å². The van der Waals surface area contributed by atoms with Crippen LogP contribution in [0.1, 0.15) is 41.0 Å². The summed E-state index contributed by atoms with van der Waals surface area (Å²) in [5, 5.41) is 18.0. The molecular formula is C21H19FN4O3. The average molecular weight is 394 g/mol. The highest BCUT2D eigenvalue weighted by atomic mass is 19.1. The molecule has 148 valence electrons. The zero-order chi connectivity index (χ0) is 20.4. The highest BCUT2D eigenvalue weighted by Crippen LogP contribution is 2.28. The molecule has 1 amide bonds. The molecule has 0 bridgehead atoms. The van der Waals surface area contributed by atoms with Gasteiger partial charge in [-0.3, -0.25) is 14.9 Å². The number of fused-ring (bicyclic) bond motifs is 1. The SMILES string of the molecule is O=C(Nc1cc([N+](=O)[O-])ccc1F)c1nn(-c2ccccc2)c2c1CCCCC2. The first-order valence-electron chi connectivity index (χ1n) is 9.46. The summed E-state index contributed by atoms with van der Waals surface area (Å²) < 4.78 is 15.9. The highest BCUT2D eigenvalue weighted by molar-refractivity contribution is 6.04. The Balaban J connectivity index is 1.73. The van der Waals surface area contributed by atoms with Crippen LogP contribution < -0.4 is 5.32 Å². The minimum atomic E-state index is -0.738. The molecule has 0 aliphatic heterocycles. The molecule has 0 spiro atoms. The number of anilines is 1. The number of nitro benzene ring substituents is 1. The van der Waals surface area contributed by atoms with Gasteiger partial charge >= 0.3 is 0 Å². The van der Waals surface area contributed by atoms with E-state index in [1.807, 2.05) is 30.3 Å². The molecule has 1 heterocycles.